The molecule has 98 valence electrons. The molecule has 0 saturated carbocycles. The standard InChI is InChI=1S/C13H12N2O4/c16-11-7-14-13(19)15(11)8-10-3-1-2-9(6-10)4-5-12(17)18/h1-6H,7-8H2,(H,14,19)(H,17,18). The predicted octanol–water partition coefficient (Wildman–Crippen LogP) is 0.836. The SMILES string of the molecule is O=C(O)C=Cc1cccc(CN2C(=O)CNC2=O)c1. The van der Waals surface area contributed by atoms with E-state index in [9.17, 15) is 14.4 Å². The van der Waals surface area contributed by atoms with Gasteiger partial charge in [-0.3, -0.25) is 9.69 Å². The number of amides is 3. The van der Waals surface area contributed by atoms with E-state index in [1.165, 1.54) is 6.08 Å². The molecule has 0 radical (unpaired) electrons. The third-order valence-corrected chi connectivity index (χ3v) is 2.65. The molecule has 2 rings (SSSR count). The molecule has 0 aromatic heterocycles. The normalized spacial score (nSPS) is 15.1. The minimum absolute atomic E-state index is 0.0252. The molecule has 1 fully saturated rings. The Morgan fingerprint density at radius 3 is 2.84 bits per heavy atom. The molecule has 0 aliphatic carbocycles. The van der Waals surface area contributed by atoms with E-state index in [-0.39, 0.29) is 19.0 Å². The molecule has 6 nitrogen and oxygen atoms in total. The lowest BCUT2D eigenvalue weighted by Gasteiger charge is -2.12. The minimum Gasteiger partial charge on any atom is -0.478 e. The molecular weight excluding hydrogens is 248 g/mol. The number of aliphatic carboxylic acids is 1. The molecule has 1 aliphatic heterocycles. The van der Waals surface area contributed by atoms with Gasteiger partial charge in [-0.15, -0.1) is 0 Å². The van der Waals surface area contributed by atoms with E-state index in [2.05, 4.69) is 5.32 Å². The molecule has 6 heteroatoms. The number of nitrogens with one attached hydrogen (secondary N) is 1. The molecule has 0 unspecified atom stereocenters. The second-order valence-corrected chi connectivity index (χ2v) is 4.06. The summed E-state index contributed by atoms with van der Waals surface area (Å²) in [5, 5.41) is 11.0. The number of urea groups is 1. The highest BCUT2D eigenvalue weighted by molar-refractivity contribution is 6.01. The Bertz CT molecular complexity index is 550. The van der Waals surface area contributed by atoms with Crippen molar-refractivity contribution < 1.29 is 19.5 Å². The summed E-state index contributed by atoms with van der Waals surface area (Å²) in [5.41, 5.74) is 1.46. The first-order valence-corrected chi connectivity index (χ1v) is 5.64. The topological polar surface area (TPSA) is 86.7 Å². The fraction of sp³-hybridized carbons (Fsp3) is 0.154. The molecule has 1 aromatic rings. The van der Waals surface area contributed by atoms with Gasteiger partial charge >= 0.3 is 12.0 Å². The molecule has 3 amide bonds. The van der Waals surface area contributed by atoms with Crippen LogP contribution in [0, 0.1) is 0 Å². The Hall–Kier alpha value is -2.63. The van der Waals surface area contributed by atoms with Crippen LogP contribution in [-0.4, -0.2) is 34.5 Å². The number of carboxylic acids is 1. The van der Waals surface area contributed by atoms with Crippen LogP contribution >= 0.6 is 0 Å². The van der Waals surface area contributed by atoms with Crippen molar-refractivity contribution in [1.29, 1.82) is 0 Å². The van der Waals surface area contributed by atoms with E-state index in [0.717, 1.165) is 16.5 Å². The average molecular weight is 260 g/mol. The van der Waals surface area contributed by atoms with Gasteiger partial charge in [-0.05, 0) is 23.3 Å². The quantitative estimate of drug-likeness (QED) is 0.620. The molecule has 0 atom stereocenters. The summed E-state index contributed by atoms with van der Waals surface area (Å²) >= 11 is 0. The zero-order valence-electron chi connectivity index (χ0n) is 10.00. The number of hydrogen-bond donors (Lipinski definition) is 2. The van der Waals surface area contributed by atoms with E-state index in [1.807, 2.05) is 0 Å². The van der Waals surface area contributed by atoms with Crippen molar-refractivity contribution in [3.8, 4) is 0 Å². The van der Waals surface area contributed by atoms with Crippen molar-refractivity contribution >= 4 is 24.0 Å². The lowest BCUT2D eigenvalue weighted by Crippen LogP contribution is -2.30. The van der Waals surface area contributed by atoms with Crippen molar-refractivity contribution in [2.45, 2.75) is 6.54 Å². The van der Waals surface area contributed by atoms with E-state index in [4.69, 9.17) is 5.11 Å². The number of benzene rings is 1. The number of nitrogens with zero attached hydrogens (tertiary/aromatic N) is 1. The lowest BCUT2D eigenvalue weighted by molar-refractivity contribution is -0.131. The average Bonchev–Trinajstić information content (AvgIpc) is 2.69. The van der Waals surface area contributed by atoms with Gasteiger partial charge in [0.05, 0.1) is 13.1 Å². The van der Waals surface area contributed by atoms with Gasteiger partial charge in [-0.25, -0.2) is 9.59 Å². The fourth-order valence-corrected chi connectivity index (χ4v) is 1.76. The van der Waals surface area contributed by atoms with Gasteiger partial charge in [0.2, 0.25) is 5.91 Å². The largest absolute Gasteiger partial charge is 0.478 e. The third-order valence-electron chi connectivity index (χ3n) is 2.65. The van der Waals surface area contributed by atoms with Crippen LogP contribution in [0.1, 0.15) is 11.1 Å². The van der Waals surface area contributed by atoms with E-state index < -0.39 is 12.0 Å². The number of hydrogen-bond acceptors (Lipinski definition) is 3. The lowest BCUT2D eigenvalue weighted by atomic mass is 10.1. The Morgan fingerprint density at radius 1 is 1.42 bits per heavy atom. The van der Waals surface area contributed by atoms with E-state index in [0.29, 0.717) is 5.56 Å². The zero-order valence-corrected chi connectivity index (χ0v) is 10.00. The Balaban J connectivity index is 2.13. The van der Waals surface area contributed by atoms with Gasteiger partial charge in [0.15, 0.2) is 0 Å². The summed E-state index contributed by atoms with van der Waals surface area (Å²) in [5.74, 6) is -1.30. The van der Waals surface area contributed by atoms with Crippen molar-refractivity contribution in [1.82, 2.24) is 10.2 Å². The second-order valence-electron chi connectivity index (χ2n) is 4.06. The molecule has 1 saturated heterocycles. The third kappa shape index (κ3) is 3.19. The Morgan fingerprint density at radius 2 is 2.21 bits per heavy atom. The van der Waals surface area contributed by atoms with Crippen LogP contribution in [0.2, 0.25) is 0 Å². The van der Waals surface area contributed by atoms with Gasteiger partial charge in [0.1, 0.15) is 0 Å². The highest BCUT2D eigenvalue weighted by Crippen LogP contribution is 2.12. The van der Waals surface area contributed by atoms with Gasteiger partial charge in [-0.2, -0.15) is 0 Å². The molecular formula is C13H12N2O4. The first-order valence-electron chi connectivity index (χ1n) is 5.64. The Kier molecular flexibility index (Phi) is 3.61. The van der Waals surface area contributed by atoms with E-state index >= 15 is 0 Å². The number of carbonyl (C=O) groups excluding carboxylic acids is 2. The van der Waals surface area contributed by atoms with Crippen LogP contribution in [0.3, 0.4) is 0 Å². The molecule has 19 heavy (non-hydrogen) atoms. The van der Waals surface area contributed by atoms with Crippen LogP contribution in [0.15, 0.2) is 30.3 Å². The Labute approximate surface area is 109 Å². The van der Waals surface area contributed by atoms with Crippen LogP contribution < -0.4 is 5.32 Å². The molecule has 1 aliphatic rings. The summed E-state index contributed by atoms with van der Waals surface area (Å²) in [4.78, 5) is 34.4. The van der Waals surface area contributed by atoms with Crippen molar-refractivity contribution in [3.05, 3.63) is 41.5 Å². The second kappa shape index (κ2) is 5.34. The van der Waals surface area contributed by atoms with Crippen molar-refractivity contribution in [2.75, 3.05) is 6.54 Å². The van der Waals surface area contributed by atoms with Crippen LogP contribution in [0.25, 0.3) is 6.08 Å². The first kappa shape index (κ1) is 12.8. The van der Waals surface area contributed by atoms with Crippen LogP contribution in [0.5, 0.6) is 0 Å². The zero-order chi connectivity index (χ0) is 13.8. The summed E-state index contributed by atoms with van der Waals surface area (Å²) < 4.78 is 0. The first-order chi connectivity index (χ1) is 9.06. The van der Waals surface area contributed by atoms with Crippen molar-refractivity contribution in [2.24, 2.45) is 0 Å². The molecule has 1 heterocycles. The number of rotatable bonds is 4. The van der Waals surface area contributed by atoms with Crippen LogP contribution in [-0.2, 0) is 16.1 Å². The molecule has 2 N–H and O–H groups in total. The number of carboxylic acid groups (broad SMARTS) is 1. The molecule has 1 aromatic carbocycles. The van der Waals surface area contributed by atoms with Gasteiger partial charge in [-0.1, -0.05) is 18.2 Å². The summed E-state index contributed by atoms with van der Waals surface area (Å²) in [6.45, 7) is 0.205. The maximum Gasteiger partial charge on any atom is 0.328 e. The van der Waals surface area contributed by atoms with Gasteiger partial charge in [0, 0.05) is 6.08 Å². The maximum absolute atomic E-state index is 11.4. The smallest absolute Gasteiger partial charge is 0.328 e. The number of imide groups is 1. The van der Waals surface area contributed by atoms with Gasteiger partial charge in [0.25, 0.3) is 0 Å². The van der Waals surface area contributed by atoms with Crippen LogP contribution in [0.4, 0.5) is 4.79 Å². The number of carbonyl (C=O) groups is 3. The summed E-state index contributed by atoms with van der Waals surface area (Å²) in [6.07, 6.45) is 2.49. The monoisotopic (exact) mass is 260 g/mol. The van der Waals surface area contributed by atoms with Crippen molar-refractivity contribution in [3.63, 3.8) is 0 Å². The minimum atomic E-state index is -1.03. The highest BCUT2D eigenvalue weighted by atomic mass is 16.4. The van der Waals surface area contributed by atoms with E-state index in [1.54, 1.807) is 24.3 Å². The predicted molar refractivity (Wildman–Crippen MR) is 67.1 cm³/mol. The van der Waals surface area contributed by atoms with Gasteiger partial charge < -0.3 is 10.4 Å². The molecule has 0 spiro atoms. The maximum atomic E-state index is 11.4. The summed E-state index contributed by atoms with van der Waals surface area (Å²) in [6, 6.07) is 6.59. The highest BCUT2D eigenvalue weighted by Gasteiger charge is 2.28. The summed E-state index contributed by atoms with van der Waals surface area (Å²) in [7, 11) is 0. The fourth-order valence-electron chi connectivity index (χ4n) is 1.76. The molecule has 0 bridgehead atoms.